The van der Waals surface area contributed by atoms with Crippen molar-refractivity contribution in [2.24, 2.45) is 5.10 Å². The van der Waals surface area contributed by atoms with Gasteiger partial charge >= 0.3 is 0 Å². The zero-order chi connectivity index (χ0) is 18.8. The van der Waals surface area contributed by atoms with Crippen molar-refractivity contribution in [1.29, 1.82) is 0 Å². The number of terminal acetylenes is 1. The van der Waals surface area contributed by atoms with Crippen molar-refractivity contribution in [3.8, 4) is 18.1 Å². The fourth-order valence-corrected chi connectivity index (χ4v) is 2.58. The highest BCUT2D eigenvalue weighted by molar-refractivity contribution is 14.1. The van der Waals surface area contributed by atoms with Crippen molar-refractivity contribution in [3.63, 3.8) is 0 Å². The molecule has 2 aromatic rings. The number of halogens is 1. The van der Waals surface area contributed by atoms with Gasteiger partial charge in [-0.15, -0.1) is 6.42 Å². The molecule has 7 heteroatoms. The number of hydrogen-bond acceptors (Lipinski definition) is 4. The second-order valence-corrected chi connectivity index (χ2v) is 6.15. The van der Waals surface area contributed by atoms with E-state index in [0.717, 1.165) is 3.57 Å². The van der Waals surface area contributed by atoms with Crippen LogP contribution in [0, 0.1) is 15.9 Å². The molecule has 26 heavy (non-hydrogen) atoms. The van der Waals surface area contributed by atoms with E-state index in [9.17, 15) is 9.59 Å². The fraction of sp³-hybridized carbons (Fsp3) is 0.105. The molecule has 2 amide bonds. The molecule has 2 rings (SSSR count). The SMILES string of the molecule is C#CCOc1ccccc1/C=N\NC(=O)CNC(=O)c1ccccc1I. The summed E-state index contributed by atoms with van der Waals surface area (Å²) in [4.78, 5) is 23.9. The molecule has 2 N–H and O–H groups in total. The largest absolute Gasteiger partial charge is 0.480 e. The van der Waals surface area contributed by atoms with Crippen LogP contribution in [-0.2, 0) is 4.79 Å². The van der Waals surface area contributed by atoms with Crippen molar-refractivity contribution in [1.82, 2.24) is 10.7 Å². The first-order valence-corrected chi connectivity index (χ1v) is 8.69. The number of hydrazone groups is 1. The summed E-state index contributed by atoms with van der Waals surface area (Å²) < 4.78 is 6.20. The standard InChI is InChI=1S/C19H16IN3O3/c1-2-11-26-17-10-6-3-7-14(17)12-22-23-18(24)13-21-19(25)15-8-4-5-9-16(15)20/h1,3-10,12H,11,13H2,(H,21,25)(H,23,24)/b22-12-. The van der Waals surface area contributed by atoms with Gasteiger partial charge in [-0.3, -0.25) is 9.59 Å². The number of ether oxygens (including phenoxy) is 1. The van der Waals surface area contributed by atoms with Gasteiger partial charge in [0, 0.05) is 9.13 Å². The zero-order valence-corrected chi connectivity index (χ0v) is 15.9. The molecule has 0 aliphatic heterocycles. The van der Waals surface area contributed by atoms with Crippen LogP contribution < -0.4 is 15.5 Å². The monoisotopic (exact) mass is 461 g/mol. The first kappa shape index (κ1) is 19.5. The summed E-state index contributed by atoms with van der Waals surface area (Å²) >= 11 is 2.07. The minimum absolute atomic E-state index is 0.140. The number of rotatable bonds is 7. The van der Waals surface area contributed by atoms with Crippen molar-refractivity contribution in [2.75, 3.05) is 13.2 Å². The highest BCUT2D eigenvalue weighted by Crippen LogP contribution is 2.15. The van der Waals surface area contributed by atoms with Gasteiger partial charge in [-0.05, 0) is 46.9 Å². The first-order valence-electron chi connectivity index (χ1n) is 7.61. The van der Waals surface area contributed by atoms with E-state index in [1.54, 1.807) is 24.3 Å². The Kier molecular flexibility index (Phi) is 7.64. The van der Waals surface area contributed by atoms with Crippen molar-refractivity contribution < 1.29 is 14.3 Å². The molecule has 132 valence electrons. The molecule has 0 bridgehead atoms. The van der Waals surface area contributed by atoms with Gasteiger partial charge < -0.3 is 10.1 Å². The number of nitrogens with zero attached hydrogens (tertiary/aromatic N) is 1. The third kappa shape index (κ3) is 5.89. The molecule has 0 heterocycles. The Bertz CT molecular complexity index is 859. The van der Waals surface area contributed by atoms with Gasteiger partial charge in [0.05, 0.1) is 18.3 Å². The predicted octanol–water partition coefficient (Wildman–Crippen LogP) is 2.18. The van der Waals surface area contributed by atoms with Crippen molar-refractivity contribution in [3.05, 3.63) is 63.2 Å². The third-order valence-electron chi connectivity index (χ3n) is 3.15. The first-order chi connectivity index (χ1) is 12.6. The summed E-state index contributed by atoms with van der Waals surface area (Å²) in [5.41, 5.74) is 3.54. The minimum atomic E-state index is -0.442. The molecule has 6 nitrogen and oxygen atoms in total. The molecular weight excluding hydrogens is 445 g/mol. The van der Waals surface area contributed by atoms with Gasteiger partial charge in [0.2, 0.25) is 0 Å². The van der Waals surface area contributed by atoms with E-state index in [0.29, 0.717) is 16.9 Å². The van der Waals surface area contributed by atoms with E-state index in [1.165, 1.54) is 6.21 Å². The van der Waals surface area contributed by atoms with Gasteiger partial charge in [-0.25, -0.2) is 5.43 Å². The van der Waals surface area contributed by atoms with Crippen LogP contribution in [0.1, 0.15) is 15.9 Å². The van der Waals surface area contributed by atoms with Gasteiger partial charge in [0.25, 0.3) is 11.8 Å². The lowest BCUT2D eigenvalue weighted by Crippen LogP contribution is -2.35. The molecule has 0 spiro atoms. The Hall–Kier alpha value is -2.86. The summed E-state index contributed by atoms with van der Waals surface area (Å²) in [6.45, 7) is -0.0437. The predicted molar refractivity (Wildman–Crippen MR) is 108 cm³/mol. The third-order valence-corrected chi connectivity index (χ3v) is 4.09. The molecule has 0 atom stereocenters. The van der Waals surface area contributed by atoms with Crippen molar-refractivity contribution >= 4 is 40.6 Å². The lowest BCUT2D eigenvalue weighted by atomic mass is 10.2. The molecule has 0 unspecified atom stereocenters. The van der Waals surface area contributed by atoms with Crippen LogP contribution in [0.25, 0.3) is 0 Å². The second kappa shape index (κ2) is 10.2. The molecule has 2 aromatic carbocycles. The highest BCUT2D eigenvalue weighted by Gasteiger charge is 2.10. The normalized spacial score (nSPS) is 10.2. The van der Waals surface area contributed by atoms with Gasteiger partial charge in [-0.1, -0.05) is 30.2 Å². The number of carbonyl (C=O) groups is 2. The molecule has 0 aromatic heterocycles. The summed E-state index contributed by atoms with van der Waals surface area (Å²) in [7, 11) is 0. The van der Waals surface area contributed by atoms with E-state index in [-0.39, 0.29) is 19.1 Å². The van der Waals surface area contributed by atoms with Gasteiger partial charge in [0.1, 0.15) is 12.4 Å². The Balaban J connectivity index is 1.86. The van der Waals surface area contributed by atoms with E-state index in [4.69, 9.17) is 11.2 Å². The average molecular weight is 461 g/mol. The number of hydrogen-bond donors (Lipinski definition) is 2. The number of para-hydroxylation sites is 1. The Morgan fingerprint density at radius 2 is 1.92 bits per heavy atom. The van der Waals surface area contributed by atoms with Crippen LogP contribution in [0.4, 0.5) is 0 Å². The van der Waals surface area contributed by atoms with Gasteiger partial charge in [-0.2, -0.15) is 5.10 Å². The molecule has 0 fully saturated rings. The maximum absolute atomic E-state index is 12.0. The summed E-state index contributed by atoms with van der Waals surface area (Å²) in [5, 5.41) is 6.42. The minimum Gasteiger partial charge on any atom is -0.480 e. The van der Waals surface area contributed by atoms with Crippen LogP contribution >= 0.6 is 22.6 Å². The van der Waals surface area contributed by atoms with Gasteiger partial charge in [0.15, 0.2) is 0 Å². The van der Waals surface area contributed by atoms with E-state index >= 15 is 0 Å². The number of amides is 2. The Morgan fingerprint density at radius 1 is 1.19 bits per heavy atom. The second-order valence-electron chi connectivity index (χ2n) is 4.99. The maximum atomic E-state index is 12.0. The van der Waals surface area contributed by atoms with E-state index in [2.05, 4.69) is 44.4 Å². The smallest absolute Gasteiger partial charge is 0.259 e. The molecule has 0 aliphatic carbocycles. The molecule has 0 saturated heterocycles. The number of nitrogens with one attached hydrogen (secondary N) is 2. The lowest BCUT2D eigenvalue weighted by Gasteiger charge is -2.06. The van der Waals surface area contributed by atoms with Crippen LogP contribution in [0.3, 0.4) is 0 Å². The molecule has 0 radical (unpaired) electrons. The van der Waals surface area contributed by atoms with Crippen LogP contribution in [0.15, 0.2) is 53.6 Å². The quantitative estimate of drug-likeness (QED) is 0.287. The lowest BCUT2D eigenvalue weighted by molar-refractivity contribution is -0.120. The van der Waals surface area contributed by atoms with Crippen LogP contribution in [-0.4, -0.2) is 31.2 Å². The molecule has 0 saturated carbocycles. The Labute approximate surface area is 165 Å². The summed E-state index contributed by atoms with van der Waals surface area (Å²) in [5.74, 6) is 2.19. The Morgan fingerprint density at radius 3 is 2.69 bits per heavy atom. The number of benzene rings is 2. The average Bonchev–Trinajstić information content (AvgIpc) is 2.65. The summed E-state index contributed by atoms with van der Waals surface area (Å²) in [6, 6.07) is 14.3. The maximum Gasteiger partial charge on any atom is 0.259 e. The van der Waals surface area contributed by atoms with Crippen LogP contribution in [0.5, 0.6) is 5.75 Å². The molecule has 0 aliphatic rings. The topological polar surface area (TPSA) is 79.8 Å². The van der Waals surface area contributed by atoms with E-state index in [1.807, 2.05) is 24.3 Å². The van der Waals surface area contributed by atoms with E-state index < -0.39 is 5.91 Å². The highest BCUT2D eigenvalue weighted by atomic mass is 127. The molecular formula is C19H16IN3O3. The van der Waals surface area contributed by atoms with Crippen LogP contribution in [0.2, 0.25) is 0 Å². The summed E-state index contributed by atoms with van der Waals surface area (Å²) in [6.07, 6.45) is 6.62. The zero-order valence-electron chi connectivity index (χ0n) is 13.7. The van der Waals surface area contributed by atoms with Crippen molar-refractivity contribution in [2.45, 2.75) is 0 Å². The number of carbonyl (C=O) groups excluding carboxylic acids is 2. The fourth-order valence-electron chi connectivity index (χ4n) is 1.95.